The molecule has 3 rings (SSSR count). The smallest absolute Gasteiger partial charge is 0.304 e. The topological polar surface area (TPSA) is 137 Å². The minimum absolute atomic E-state index is 0.0127. The number of hydrogen-bond donors (Lipinski definition) is 4. The number of nitrogen functional groups attached to an aromatic ring is 1. The summed E-state index contributed by atoms with van der Waals surface area (Å²) < 4.78 is 0. The van der Waals surface area contributed by atoms with Gasteiger partial charge in [-0.1, -0.05) is 30.3 Å². The quantitative estimate of drug-likeness (QED) is 0.390. The molecule has 0 radical (unpaired) electrons. The van der Waals surface area contributed by atoms with Gasteiger partial charge in [0, 0.05) is 30.3 Å². The van der Waals surface area contributed by atoms with E-state index in [1.807, 2.05) is 19.9 Å². The molecule has 5 N–H and O–H groups in total. The van der Waals surface area contributed by atoms with E-state index in [-0.39, 0.29) is 36.5 Å². The van der Waals surface area contributed by atoms with Crippen molar-refractivity contribution in [3.05, 3.63) is 70.3 Å². The highest BCUT2D eigenvalue weighted by molar-refractivity contribution is 5.95. The summed E-state index contributed by atoms with van der Waals surface area (Å²) in [5.74, 6) is -2.11. The van der Waals surface area contributed by atoms with Gasteiger partial charge in [0.15, 0.2) is 0 Å². The van der Waals surface area contributed by atoms with Crippen molar-refractivity contribution in [2.75, 3.05) is 0 Å². The van der Waals surface area contributed by atoms with Crippen LogP contribution >= 0.6 is 0 Å². The summed E-state index contributed by atoms with van der Waals surface area (Å²) in [4.78, 5) is 38.6. The molecular weight excluding hydrogens is 408 g/mol. The number of rotatable bonds is 7. The van der Waals surface area contributed by atoms with Gasteiger partial charge < -0.3 is 21.1 Å². The first-order valence-corrected chi connectivity index (χ1v) is 10.5. The summed E-state index contributed by atoms with van der Waals surface area (Å²) in [5, 5.41) is 19.6. The number of carboxylic acids is 1. The predicted molar refractivity (Wildman–Crippen MR) is 120 cm³/mol. The minimum Gasteiger partial charge on any atom is -0.481 e. The maximum Gasteiger partial charge on any atom is 0.304 e. The number of carbonyl (C=O) groups is 3. The molecule has 1 aliphatic rings. The summed E-state index contributed by atoms with van der Waals surface area (Å²) >= 11 is 0. The molecule has 1 heterocycles. The number of carbonyl (C=O) groups excluding carboxylic acids is 2. The van der Waals surface area contributed by atoms with E-state index in [1.54, 1.807) is 41.3 Å². The zero-order valence-corrected chi connectivity index (χ0v) is 18.2. The standard InChI is InChI=1S/C24H28N4O4/c1-14(2)28-13-18-8-7-17(9-19(18)10-20(24(28)32)11-21(29)30)23(31)27-12-15-3-5-16(6-4-15)22(25)26/h3-9,14,20H,10-13H2,1-2H3,(H3,25,26)(H,27,31)(H,29,30)/t20-/m1/s1. The molecule has 0 bridgehead atoms. The van der Waals surface area contributed by atoms with Crippen molar-refractivity contribution in [3.8, 4) is 0 Å². The number of hydrogen-bond acceptors (Lipinski definition) is 4. The molecular formula is C24H28N4O4. The molecule has 8 heteroatoms. The first-order valence-electron chi connectivity index (χ1n) is 10.5. The molecule has 0 aliphatic carbocycles. The monoisotopic (exact) mass is 436 g/mol. The number of nitrogens with two attached hydrogens (primary N) is 1. The average Bonchev–Trinajstić information content (AvgIpc) is 2.88. The van der Waals surface area contributed by atoms with Crippen LogP contribution in [0.4, 0.5) is 0 Å². The Hall–Kier alpha value is -3.68. The fraction of sp³-hybridized carbons (Fsp3) is 0.333. The van der Waals surface area contributed by atoms with E-state index in [0.29, 0.717) is 24.2 Å². The Morgan fingerprint density at radius 1 is 1.16 bits per heavy atom. The van der Waals surface area contributed by atoms with Gasteiger partial charge in [0.1, 0.15) is 5.84 Å². The summed E-state index contributed by atoms with van der Waals surface area (Å²) in [6.07, 6.45) is 0.0471. The lowest BCUT2D eigenvalue weighted by Gasteiger charge is -2.27. The van der Waals surface area contributed by atoms with E-state index in [1.165, 1.54) is 0 Å². The van der Waals surface area contributed by atoms with Gasteiger partial charge in [0.2, 0.25) is 5.91 Å². The molecule has 2 amide bonds. The lowest BCUT2D eigenvalue weighted by molar-refractivity contribution is -0.145. The number of carboxylic acid groups (broad SMARTS) is 1. The van der Waals surface area contributed by atoms with E-state index in [4.69, 9.17) is 11.1 Å². The minimum atomic E-state index is -1.01. The number of fused-ring (bicyclic) bond motifs is 1. The van der Waals surface area contributed by atoms with E-state index < -0.39 is 11.9 Å². The van der Waals surface area contributed by atoms with Crippen molar-refractivity contribution < 1.29 is 19.5 Å². The summed E-state index contributed by atoms with van der Waals surface area (Å²) in [6.45, 7) is 4.53. The molecule has 0 spiro atoms. The van der Waals surface area contributed by atoms with Gasteiger partial charge in [-0.25, -0.2) is 0 Å². The molecule has 1 atom stereocenters. The third kappa shape index (κ3) is 5.32. The van der Waals surface area contributed by atoms with Crippen LogP contribution in [0.3, 0.4) is 0 Å². The zero-order chi connectivity index (χ0) is 23.4. The molecule has 0 aromatic heterocycles. The number of nitrogens with one attached hydrogen (secondary N) is 2. The normalized spacial score (nSPS) is 15.8. The second-order valence-electron chi connectivity index (χ2n) is 8.34. The van der Waals surface area contributed by atoms with E-state index >= 15 is 0 Å². The maximum atomic E-state index is 12.9. The molecule has 1 aliphatic heterocycles. The lowest BCUT2D eigenvalue weighted by Crippen LogP contribution is -2.40. The van der Waals surface area contributed by atoms with Gasteiger partial charge in [0.25, 0.3) is 5.91 Å². The third-order valence-electron chi connectivity index (χ3n) is 5.67. The summed E-state index contributed by atoms with van der Waals surface area (Å²) in [5.41, 5.74) is 9.16. The van der Waals surface area contributed by atoms with E-state index in [2.05, 4.69) is 5.32 Å². The fourth-order valence-corrected chi connectivity index (χ4v) is 3.85. The van der Waals surface area contributed by atoms with Crippen LogP contribution in [0.2, 0.25) is 0 Å². The Morgan fingerprint density at radius 3 is 2.41 bits per heavy atom. The van der Waals surface area contributed by atoms with E-state index in [0.717, 1.165) is 16.7 Å². The highest BCUT2D eigenvalue weighted by Crippen LogP contribution is 2.27. The molecule has 0 fully saturated rings. The van der Waals surface area contributed by atoms with Crippen LogP contribution < -0.4 is 11.1 Å². The van der Waals surface area contributed by atoms with Crippen LogP contribution in [0.25, 0.3) is 0 Å². The van der Waals surface area contributed by atoms with Crippen LogP contribution in [-0.2, 0) is 29.1 Å². The molecule has 8 nitrogen and oxygen atoms in total. The molecule has 32 heavy (non-hydrogen) atoms. The van der Waals surface area contributed by atoms with Gasteiger partial charge in [-0.15, -0.1) is 0 Å². The number of benzene rings is 2. The van der Waals surface area contributed by atoms with E-state index in [9.17, 15) is 19.5 Å². The fourth-order valence-electron chi connectivity index (χ4n) is 3.85. The highest BCUT2D eigenvalue weighted by Gasteiger charge is 2.32. The van der Waals surface area contributed by atoms with Crippen LogP contribution in [0, 0.1) is 11.3 Å². The van der Waals surface area contributed by atoms with Gasteiger partial charge >= 0.3 is 5.97 Å². The lowest BCUT2D eigenvalue weighted by atomic mass is 9.93. The highest BCUT2D eigenvalue weighted by atomic mass is 16.4. The van der Waals surface area contributed by atoms with Gasteiger partial charge in [-0.2, -0.15) is 0 Å². The molecule has 0 saturated carbocycles. The van der Waals surface area contributed by atoms with Crippen LogP contribution in [0.15, 0.2) is 42.5 Å². The van der Waals surface area contributed by atoms with Crippen molar-refractivity contribution in [3.63, 3.8) is 0 Å². The first kappa shape index (κ1) is 23.0. The Morgan fingerprint density at radius 2 is 1.81 bits per heavy atom. The van der Waals surface area contributed by atoms with Crippen molar-refractivity contribution in [1.82, 2.24) is 10.2 Å². The van der Waals surface area contributed by atoms with Crippen molar-refractivity contribution >= 4 is 23.6 Å². The SMILES string of the molecule is CC(C)N1Cc2ccc(C(=O)NCc3ccc(C(=N)N)cc3)cc2C[C@H](CC(=O)O)C1=O. The first-order chi connectivity index (χ1) is 15.2. The average molecular weight is 437 g/mol. The Labute approximate surface area is 186 Å². The second kappa shape index (κ2) is 9.64. The zero-order valence-electron chi connectivity index (χ0n) is 18.2. The summed E-state index contributed by atoms with van der Waals surface area (Å²) in [7, 11) is 0. The third-order valence-corrected chi connectivity index (χ3v) is 5.67. The van der Waals surface area contributed by atoms with Gasteiger partial charge in [0.05, 0.1) is 12.3 Å². The maximum absolute atomic E-state index is 12.9. The molecule has 0 unspecified atom stereocenters. The van der Waals surface area contributed by atoms with Crippen molar-refractivity contribution in [1.29, 1.82) is 5.41 Å². The molecule has 0 saturated heterocycles. The molecule has 2 aromatic carbocycles. The van der Waals surface area contributed by atoms with Gasteiger partial charge in [-0.3, -0.25) is 19.8 Å². The number of amidine groups is 1. The van der Waals surface area contributed by atoms with Crippen LogP contribution in [-0.4, -0.2) is 39.7 Å². The summed E-state index contributed by atoms with van der Waals surface area (Å²) in [6, 6.07) is 12.3. The van der Waals surface area contributed by atoms with Crippen LogP contribution in [0.1, 0.15) is 52.9 Å². The number of amides is 2. The largest absolute Gasteiger partial charge is 0.481 e. The Kier molecular flexibility index (Phi) is 6.92. The number of aliphatic carboxylic acids is 1. The Bertz CT molecular complexity index is 1050. The number of nitrogens with zero attached hydrogens (tertiary/aromatic N) is 1. The predicted octanol–water partition coefficient (Wildman–Crippen LogP) is 2.28. The van der Waals surface area contributed by atoms with Crippen LogP contribution in [0.5, 0.6) is 0 Å². The van der Waals surface area contributed by atoms with Crippen molar-refractivity contribution in [2.45, 2.75) is 45.8 Å². The van der Waals surface area contributed by atoms with Crippen molar-refractivity contribution in [2.24, 2.45) is 11.7 Å². The Balaban J connectivity index is 1.77. The molecule has 168 valence electrons. The van der Waals surface area contributed by atoms with Gasteiger partial charge in [-0.05, 0) is 49.1 Å². The molecule has 2 aromatic rings. The second-order valence-corrected chi connectivity index (χ2v) is 8.34.